The third kappa shape index (κ3) is 3.66. The molecule has 0 aromatic heterocycles. The van der Waals surface area contributed by atoms with E-state index < -0.39 is 18.3 Å². The van der Waals surface area contributed by atoms with Crippen LogP contribution in [0.5, 0.6) is 0 Å². The van der Waals surface area contributed by atoms with Crippen LogP contribution in [-0.4, -0.2) is 54.1 Å². The van der Waals surface area contributed by atoms with Crippen molar-refractivity contribution >= 4 is 5.97 Å². The standard InChI is InChI=1S/C7H15NO4/c1-8(2,3)5(7(11)12)4-6(9)10/h5-6,9-10H,4H2,1-3H3. The van der Waals surface area contributed by atoms with Gasteiger partial charge >= 0.3 is 0 Å². The molecule has 0 aliphatic carbocycles. The first-order valence-electron chi connectivity index (χ1n) is 3.63. The normalized spacial score (nSPS) is 14.8. The van der Waals surface area contributed by atoms with Crippen molar-refractivity contribution in [2.45, 2.75) is 18.8 Å². The minimum absolute atomic E-state index is 0.111. The van der Waals surface area contributed by atoms with Crippen LogP contribution < -0.4 is 5.11 Å². The first-order chi connectivity index (χ1) is 5.25. The molecule has 0 bridgehead atoms. The molecule has 0 aliphatic heterocycles. The zero-order valence-corrected chi connectivity index (χ0v) is 7.52. The van der Waals surface area contributed by atoms with E-state index in [2.05, 4.69) is 0 Å². The molecule has 0 saturated heterocycles. The summed E-state index contributed by atoms with van der Waals surface area (Å²) < 4.78 is 0.111. The molecular weight excluding hydrogens is 162 g/mol. The Kier molecular flexibility index (Phi) is 3.63. The molecule has 0 spiro atoms. The lowest BCUT2D eigenvalue weighted by Crippen LogP contribution is -2.56. The average molecular weight is 177 g/mol. The summed E-state index contributed by atoms with van der Waals surface area (Å²) in [7, 11) is 4.97. The Bertz CT molecular complexity index is 161. The third-order valence-electron chi connectivity index (χ3n) is 1.64. The van der Waals surface area contributed by atoms with Crippen LogP contribution in [-0.2, 0) is 4.79 Å². The number of likely N-dealkylation sites (N-methyl/N-ethyl adjacent to an activating group) is 1. The van der Waals surface area contributed by atoms with E-state index in [9.17, 15) is 9.90 Å². The Morgan fingerprint density at radius 2 is 1.83 bits per heavy atom. The second-order valence-electron chi connectivity index (χ2n) is 3.67. The van der Waals surface area contributed by atoms with E-state index in [1.165, 1.54) is 0 Å². The summed E-state index contributed by atoms with van der Waals surface area (Å²) in [6.07, 6.45) is -1.82. The zero-order valence-electron chi connectivity index (χ0n) is 7.52. The third-order valence-corrected chi connectivity index (χ3v) is 1.64. The van der Waals surface area contributed by atoms with Crippen molar-refractivity contribution in [3.8, 4) is 0 Å². The first-order valence-corrected chi connectivity index (χ1v) is 3.63. The molecule has 1 atom stereocenters. The lowest BCUT2D eigenvalue weighted by Gasteiger charge is -2.34. The number of carboxylic acid groups (broad SMARTS) is 1. The molecular formula is C7H15NO4. The lowest BCUT2D eigenvalue weighted by molar-refractivity contribution is -0.890. The molecule has 0 aromatic rings. The van der Waals surface area contributed by atoms with E-state index in [1.54, 1.807) is 21.1 Å². The van der Waals surface area contributed by atoms with Crippen LogP contribution in [0, 0.1) is 0 Å². The van der Waals surface area contributed by atoms with Crippen molar-refractivity contribution in [1.29, 1.82) is 0 Å². The van der Waals surface area contributed by atoms with Crippen molar-refractivity contribution in [3.63, 3.8) is 0 Å². The van der Waals surface area contributed by atoms with Gasteiger partial charge in [-0.2, -0.15) is 0 Å². The van der Waals surface area contributed by atoms with Crippen molar-refractivity contribution in [3.05, 3.63) is 0 Å². The molecule has 0 aromatic carbocycles. The molecule has 1 unspecified atom stereocenters. The molecule has 0 saturated carbocycles. The maximum Gasteiger partial charge on any atom is 0.157 e. The molecule has 0 fully saturated rings. The number of hydrogen-bond donors (Lipinski definition) is 2. The van der Waals surface area contributed by atoms with E-state index >= 15 is 0 Å². The number of hydrogen-bond acceptors (Lipinski definition) is 4. The molecule has 12 heavy (non-hydrogen) atoms. The molecule has 0 amide bonds. The fraction of sp³-hybridized carbons (Fsp3) is 0.857. The van der Waals surface area contributed by atoms with E-state index in [0.29, 0.717) is 0 Å². The van der Waals surface area contributed by atoms with Gasteiger partial charge in [0, 0.05) is 0 Å². The topological polar surface area (TPSA) is 80.6 Å². The number of aliphatic hydroxyl groups excluding tert-OH is 1. The van der Waals surface area contributed by atoms with Gasteiger partial charge in [0.1, 0.15) is 6.04 Å². The fourth-order valence-corrected chi connectivity index (χ4v) is 0.928. The second-order valence-corrected chi connectivity index (χ2v) is 3.67. The summed E-state index contributed by atoms with van der Waals surface area (Å²) in [6.45, 7) is 0. The van der Waals surface area contributed by atoms with Crippen LogP contribution in [0.25, 0.3) is 0 Å². The van der Waals surface area contributed by atoms with Crippen LogP contribution in [0.1, 0.15) is 6.42 Å². The number of carbonyl (C=O) groups excluding carboxylic acids is 1. The SMILES string of the molecule is C[N+](C)(C)C(CC(O)O)C(=O)[O-]. The number of rotatable bonds is 4. The maximum absolute atomic E-state index is 10.5. The zero-order chi connectivity index (χ0) is 9.94. The minimum atomic E-state index is -1.61. The highest BCUT2D eigenvalue weighted by atomic mass is 16.5. The van der Waals surface area contributed by atoms with Crippen molar-refractivity contribution in [1.82, 2.24) is 0 Å². The lowest BCUT2D eigenvalue weighted by atomic mass is 10.1. The quantitative estimate of drug-likeness (QED) is 0.368. The average Bonchev–Trinajstić information content (AvgIpc) is 1.79. The summed E-state index contributed by atoms with van der Waals surface area (Å²) in [6, 6.07) is -0.898. The predicted molar refractivity (Wildman–Crippen MR) is 39.7 cm³/mol. The van der Waals surface area contributed by atoms with Gasteiger partial charge in [0.15, 0.2) is 6.29 Å². The Balaban J connectivity index is 4.35. The van der Waals surface area contributed by atoms with Gasteiger partial charge in [0.25, 0.3) is 0 Å². The fourth-order valence-electron chi connectivity index (χ4n) is 0.928. The summed E-state index contributed by atoms with van der Waals surface area (Å²) in [5.74, 6) is -1.27. The molecule has 0 heterocycles. The Hall–Kier alpha value is -0.650. The Morgan fingerprint density at radius 3 is 1.92 bits per heavy atom. The maximum atomic E-state index is 10.5. The summed E-state index contributed by atoms with van der Waals surface area (Å²) >= 11 is 0. The van der Waals surface area contributed by atoms with Crippen LogP contribution in [0.15, 0.2) is 0 Å². The smallest absolute Gasteiger partial charge is 0.157 e. The van der Waals surface area contributed by atoms with Crippen molar-refractivity contribution < 1.29 is 24.6 Å². The van der Waals surface area contributed by atoms with Gasteiger partial charge in [-0.1, -0.05) is 0 Å². The number of carbonyl (C=O) groups is 1. The van der Waals surface area contributed by atoms with Crippen LogP contribution >= 0.6 is 0 Å². The van der Waals surface area contributed by atoms with E-state index in [4.69, 9.17) is 10.2 Å². The van der Waals surface area contributed by atoms with Gasteiger partial charge in [-0.15, -0.1) is 0 Å². The largest absolute Gasteiger partial charge is 0.544 e. The Morgan fingerprint density at radius 1 is 1.42 bits per heavy atom. The monoisotopic (exact) mass is 177 g/mol. The van der Waals surface area contributed by atoms with Crippen LogP contribution in [0.4, 0.5) is 0 Å². The number of aliphatic hydroxyl groups is 2. The molecule has 2 N–H and O–H groups in total. The molecule has 0 aliphatic rings. The van der Waals surface area contributed by atoms with Gasteiger partial charge in [-0.05, 0) is 0 Å². The number of quaternary nitrogens is 1. The summed E-state index contributed by atoms with van der Waals surface area (Å²) in [5, 5.41) is 27.7. The number of carboxylic acids is 1. The van der Waals surface area contributed by atoms with Crippen LogP contribution in [0.3, 0.4) is 0 Å². The van der Waals surface area contributed by atoms with Gasteiger partial charge in [-0.3, -0.25) is 0 Å². The molecule has 0 radical (unpaired) electrons. The molecule has 72 valence electrons. The highest BCUT2D eigenvalue weighted by Gasteiger charge is 2.26. The van der Waals surface area contributed by atoms with Crippen molar-refractivity contribution in [2.24, 2.45) is 0 Å². The molecule has 5 heteroatoms. The highest BCUT2D eigenvalue weighted by molar-refractivity contribution is 5.69. The summed E-state index contributed by atoms with van der Waals surface area (Å²) in [4.78, 5) is 10.5. The van der Waals surface area contributed by atoms with E-state index in [1.807, 2.05) is 0 Å². The van der Waals surface area contributed by atoms with E-state index in [0.717, 1.165) is 0 Å². The van der Waals surface area contributed by atoms with Gasteiger partial charge in [0.05, 0.1) is 33.5 Å². The molecule has 5 nitrogen and oxygen atoms in total. The van der Waals surface area contributed by atoms with Crippen LogP contribution in [0.2, 0.25) is 0 Å². The molecule has 0 rings (SSSR count). The van der Waals surface area contributed by atoms with Crippen molar-refractivity contribution in [2.75, 3.05) is 21.1 Å². The summed E-state index contributed by atoms with van der Waals surface area (Å²) in [5.41, 5.74) is 0. The number of nitrogens with zero attached hydrogens (tertiary/aromatic N) is 1. The van der Waals surface area contributed by atoms with E-state index in [-0.39, 0.29) is 10.9 Å². The predicted octanol–water partition coefficient (Wildman–Crippen LogP) is -2.49. The first kappa shape index (κ1) is 11.4. The second kappa shape index (κ2) is 3.84. The highest BCUT2D eigenvalue weighted by Crippen LogP contribution is 2.08. The van der Waals surface area contributed by atoms with Gasteiger partial charge in [-0.25, -0.2) is 0 Å². The van der Waals surface area contributed by atoms with Gasteiger partial charge in [0.2, 0.25) is 0 Å². The Labute approximate surface area is 71.4 Å². The number of aliphatic carboxylic acids is 1. The van der Waals surface area contributed by atoms with Gasteiger partial charge < -0.3 is 24.6 Å². The minimum Gasteiger partial charge on any atom is -0.544 e.